The lowest BCUT2D eigenvalue weighted by Crippen LogP contribution is -2.13. The molecule has 2 nitrogen and oxygen atoms in total. The van der Waals surface area contributed by atoms with Gasteiger partial charge in [0.2, 0.25) is 0 Å². The monoisotopic (exact) mass is 267 g/mol. The van der Waals surface area contributed by atoms with Crippen LogP contribution in [0.3, 0.4) is 0 Å². The van der Waals surface area contributed by atoms with Crippen LogP contribution >= 0.6 is 0 Å². The summed E-state index contributed by atoms with van der Waals surface area (Å²) >= 11 is 0. The molecule has 104 valence electrons. The Morgan fingerprint density at radius 2 is 1.95 bits per heavy atom. The first-order valence-corrected chi connectivity index (χ1v) is 7.22. The van der Waals surface area contributed by atoms with Crippen molar-refractivity contribution < 1.29 is 4.74 Å². The summed E-state index contributed by atoms with van der Waals surface area (Å²) in [5, 5.41) is 0. The predicted octanol–water partition coefficient (Wildman–Crippen LogP) is 3.56. The van der Waals surface area contributed by atoms with Crippen LogP contribution in [0.15, 0.2) is 42.5 Å². The summed E-state index contributed by atoms with van der Waals surface area (Å²) in [6.45, 7) is 4.21. The highest BCUT2D eigenvalue weighted by molar-refractivity contribution is 5.41. The first kappa shape index (κ1) is 13.2. The molecule has 1 heterocycles. The lowest BCUT2D eigenvalue weighted by molar-refractivity contribution is 0.254. The molecule has 2 aromatic rings. The first-order valence-electron chi connectivity index (χ1n) is 7.22. The summed E-state index contributed by atoms with van der Waals surface area (Å²) in [4.78, 5) is 0. The van der Waals surface area contributed by atoms with Gasteiger partial charge in [0.25, 0.3) is 0 Å². The number of hydrogen-bond acceptors (Lipinski definition) is 2. The molecule has 0 saturated heterocycles. The van der Waals surface area contributed by atoms with E-state index in [2.05, 4.69) is 56.3 Å². The average molecular weight is 267 g/mol. The van der Waals surface area contributed by atoms with Crippen LogP contribution in [-0.4, -0.2) is 6.10 Å². The molecule has 0 radical (unpaired) electrons. The van der Waals surface area contributed by atoms with Crippen molar-refractivity contribution in [3.63, 3.8) is 0 Å². The van der Waals surface area contributed by atoms with Crippen molar-refractivity contribution in [2.24, 2.45) is 5.73 Å². The third-order valence-corrected chi connectivity index (χ3v) is 3.92. The van der Waals surface area contributed by atoms with Crippen molar-refractivity contribution in [3.8, 4) is 5.75 Å². The molecule has 0 aliphatic carbocycles. The molecule has 0 aromatic heterocycles. The predicted molar refractivity (Wildman–Crippen MR) is 82.0 cm³/mol. The zero-order valence-corrected chi connectivity index (χ0v) is 12.1. The molecule has 20 heavy (non-hydrogen) atoms. The second-order valence-corrected chi connectivity index (χ2v) is 5.80. The zero-order chi connectivity index (χ0) is 14.1. The Bertz CT molecular complexity index is 603. The Hall–Kier alpha value is -1.80. The maximum absolute atomic E-state index is 6.35. The van der Waals surface area contributed by atoms with Gasteiger partial charge in [-0.3, -0.25) is 0 Å². The Balaban J connectivity index is 1.76. The molecule has 2 N–H and O–H groups in total. The Labute approximate surface area is 120 Å². The summed E-state index contributed by atoms with van der Waals surface area (Å²) in [6, 6.07) is 15.0. The third kappa shape index (κ3) is 2.70. The molecule has 0 bridgehead atoms. The van der Waals surface area contributed by atoms with Crippen molar-refractivity contribution in [3.05, 3.63) is 64.7 Å². The van der Waals surface area contributed by atoms with E-state index < -0.39 is 0 Å². The Kier molecular flexibility index (Phi) is 3.49. The molecule has 3 rings (SSSR count). The van der Waals surface area contributed by atoms with Crippen molar-refractivity contribution in [1.82, 2.24) is 0 Å². The standard InChI is InChI=1S/C18H21NO/c1-12-3-5-14(6-4-12)10-17(19)15-7-8-18-16(11-15)9-13(2)20-18/h3-8,11,13,17H,9-10,19H2,1-2H3. The maximum atomic E-state index is 6.35. The smallest absolute Gasteiger partial charge is 0.123 e. The fourth-order valence-corrected chi connectivity index (χ4v) is 2.77. The number of rotatable bonds is 3. The highest BCUT2D eigenvalue weighted by atomic mass is 16.5. The number of aryl methyl sites for hydroxylation is 1. The highest BCUT2D eigenvalue weighted by Crippen LogP contribution is 2.31. The number of ether oxygens (including phenoxy) is 1. The molecule has 2 atom stereocenters. The van der Waals surface area contributed by atoms with E-state index >= 15 is 0 Å². The largest absolute Gasteiger partial charge is 0.490 e. The molecule has 0 amide bonds. The van der Waals surface area contributed by atoms with Gasteiger partial charge >= 0.3 is 0 Å². The van der Waals surface area contributed by atoms with Gasteiger partial charge < -0.3 is 10.5 Å². The summed E-state index contributed by atoms with van der Waals surface area (Å²) in [6.07, 6.45) is 2.14. The van der Waals surface area contributed by atoms with E-state index in [0.717, 1.165) is 18.6 Å². The van der Waals surface area contributed by atoms with Gasteiger partial charge in [-0.1, -0.05) is 42.0 Å². The number of fused-ring (bicyclic) bond motifs is 1. The lowest BCUT2D eigenvalue weighted by Gasteiger charge is -2.13. The number of benzene rings is 2. The van der Waals surface area contributed by atoms with Gasteiger partial charge in [0.05, 0.1) is 0 Å². The van der Waals surface area contributed by atoms with Crippen molar-refractivity contribution >= 4 is 0 Å². The summed E-state index contributed by atoms with van der Waals surface area (Å²) < 4.78 is 5.73. The first-order chi connectivity index (χ1) is 9.61. The second-order valence-electron chi connectivity index (χ2n) is 5.80. The lowest BCUT2D eigenvalue weighted by atomic mass is 9.97. The van der Waals surface area contributed by atoms with Crippen LogP contribution in [0.25, 0.3) is 0 Å². The van der Waals surface area contributed by atoms with E-state index in [1.807, 2.05) is 0 Å². The third-order valence-electron chi connectivity index (χ3n) is 3.92. The normalized spacial score (nSPS) is 18.4. The van der Waals surface area contributed by atoms with Crippen LogP contribution in [0.1, 0.15) is 35.2 Å². The molecular formula is C18H21NO. The van der Waals surface area contributed by atoms with Crippen LogP contribution in [0, 0.1) is 6.92 Å². The van der Waals surface area contributed by atoms with Crippen LogP contribution in [0.4, 0.5) is 0 Å². The van der Waals surface area contributed by atoms with Gasteiger partial charge in [-0.2, -0.15) is 0 Å². The molecular weight excluding hydrogens is 246 g/mol. The minimum absolute atomic E-state index is 0.0407. The van der Waals surface area contributed by atoms with Gasteiger partial charge in [0.1, 0.15) is 11.9 Å². The molecule has 1 aliphatic heterocycles. The van der Waals surface area contributed by atoms with Crippen molar-refractivity contribution in [1.29, 1.82) is 0 Å². The van der Waals surface area contributed by atoms with E-state index in [0.29, 0.717) is 0 Å². The molecule has 2 unspecified atom stereocenters. The van der Waals surface area contributed by atoms with Crippen LogP contribution in [0.5, 0.6) is 5.75 Å². The SMILES string of the molecule is Cc1ccc(CC(N)c2ccc3c(c2)CC(C)O3)cc1. The van der Waals surface area contributed by atoms with E-state index in [1.54, 1.807) is 0 Å². The topological polar surface area (TPSA) is 35.2 Å². The summed E-state index contributed by atoms with van der Waals surface area (Å²) in [5.41, 5.74) is 11.4. The quantitative estimate of drug-likeness (QED) is 0.923. The number of nitrogens with two attached hydrogens (primary N) is 1. The molecule has 1 aliphatic rings. The molecule has 2 heteroatoms. The molecule has 2 aromatic carbocycles. The van der Waals surface area contributed by atoms with E-state index in [1.165, 1.54) is 22.3 Å². The summed E-state index contributed by atoms with van der Waals surface area (Å²) in [5.74, 6) is 1.02. The van der Waals surface area contributed by atoms with Crippen LogP contribution in [-0.2, 0) is 12.8 Å². The molecule has 0 spiro atoms. The zero-order valence-electron chi connectivity index (χ0n) is 12.1. The summed E-state index contributed by atoms with van der Waals surface area (Å²) in [7, 11) is 0. The van der Waals surface area contributed by atoms with Gasteiger partial charge in [0, 0.05) is 12.5 Å². The molecule has 0 fully saturated rings. The van der Waals surface area contributed by atoms with Gasteiger partial charge in [-0.25, -0.2) is 0 Å². The Morgan fingerprint density at radius 1 is 1.20 bits per heavy atom. The van der Waals surface area contributed by atoms with Crippen molar-refractivity contribution in [2.75, 3.05) is 0 Å². The second kappa shape index (κ2) is 5.29. The van der Waals surface area contributed by atoms with E-state index in [-0.39, 0.29) is 12.1 Å². The van der Waals surface area contributed by atoms with E-state index in [9.17, 15) is 0 Å². The van der Waals surface area contributed by atoms with Crippen LogP contribution in [0.2, 0.25) is 0 Å². The number of hydrogen-bond donors (Lipinski definition) is 1. The minimum atomic E-state index is 0.0407. The minimum Gasteiger partial charge on any atom is -0.490 e. The van der Waals surface area contributed by atoms with Crippen LogP contribution < -0.4 is 10.5 Å². The van der Waals surface area contributed by atoms with E-state index in [4.69, 9.17) is 10.5 Å². The Morgan fingerprint density at radius 3 is 2.70 bits per heavy atom. The van der Waals surface area contributed by atoms with Crippen molar-refractivity contribution in [2.45, 2.75) is 38.8 Å². The average Bonchev–Trinajstić information content (AvgIpc) is 2.80. The van der Waals surface area contributed by atoms with Gasteiger partial charge in [0.15, 0.2) is 0 Å². The van der Waals surface area contributed by atoms with Gasteiger partial charge in [-0.05, 0) is 43.0 Å². The van der Waals surface area contributed by atoms with Gasteiger partial charge in [-0.15, -0.1) is 0 Å². The fraction of sp³-hybridized carbons (Fsp3) is 0.333. The molecule has 0 saturated carbocycles. The highest BCUT2D eigenvalue weighted by Gasteiger charge is 2.20. The maximum Gasteiger partial charge on any atom is 0.123 e. The fourth-order valence-electron chi connectivity index (χ4n) is 2.77.